The van der Waals surface area contributed by atoms with Gasteiger partial charge in [-0.1, -0.05) is 281 Å². The summed E-state index contributed by atoms with van der Waals surface area (Å²) in [6.07, 6.45) is 102. The van der Waals surface area contributed by atoms with E-state index in [2.05, 4.69) is 191 Å². The molecule has 0 aliphatic carbocycles. The van der Waals surface area contributed by atoms with Crippen molar-refractivity contribution in [1.82, 2.24) is 0 Å². The molecule has 1 unspecified atom stereocenters. The van der Waals surface area contributed by atoms with Crippen LogP contribution in [0.4, 0.5) is 0 Å². The number of carbonyl (C=O) groups is 3. The Morgan fingerprint density at radius 3 is 0.675 bits per heavy atom. The number of rotatable bonds is 59. The van der Waals surface area contributed by atoms with E-state index < -0.39 is 6.10 Å². The fraction of sp³-hybridized carbons (Fsp3) is 0.597. The van der Waals surface area contributed by atoms with Crippen LogP contribution in [0.3, 0.4) is 0 Å². The summed E-state index contributed by atoms with van der Waals surface area (Å²) in [5.41, 5.74) is 0. The highest BCUT2D eigenvalue weighted by molar-refractivity contribution is 5.71. The van der Waals surface area contributed by atoms with E-state index in [1.807, 2.05) is 0 Å². The van der Waals surface area contributed by atoms with Gasteiger partial charge in [0.1, 0.15) is 13.2 Å². The number of hydrogen-bond acceptors (Lipinski definition) is 6. The minimum atomic E-state index is -0.807. The van der Waals surface area contributed by atoms with Crippen LogP contribution < -0.4 is 0 Å². The van der Waals surface area contributed by atoms with Crippen LogP contribution in [0.5, 0.6) is 0 Å². The molecule has 0 aromatic carbocycles. The fourth-order valence-electron chi connectivity index (χ4n) is 8.78. The van der Waals surface area contributed by atoms with Gasteiger partial charge in [0.2, 0.25) is 0 Å². The monoisotopic (exact) mass is 1140 g/mol. The largest absolute Gasteiger partial charge is 0.462 e. The summed E-state index contributed by atoms with van der Waals surface area (Å²) in [5.74, 6) is -0.939. The third kappa shape index (κ3) is 67.4. The third-order valence-electron chi connectivity index (χ3n) is 13.7. The molecule has 0 amide bonds. The van der Waals surface area contributed by atoms with Gasteiger partial charge in [-0.3, -0.25) is 14.4 Å². The maximum Gasteiger partial charge on any atom is 0.306 e. The van der Waals surface area contributed by atoms with Crippen molar-refractivity contribution in [3.05, 3.63) is 170 Å². The molecule has 1 atom stereocenters. The summed E-state index contributed by atoms with van der Waals surface area (Å²) in [6.45, 7) is 6.27. The molecule has 466 valence electrons. The van der Waals surface area contributed by atoms with Crippen molar-refractivity contribution in [1.29, 1.82) is 0 Å². The van der Waals surface area contributed by atoms with E-state index in [1.165, 1.54) is 51.4 Å². The summed E-state index contributed by atoms with van der Waals surface area (Å²) in [4.78, 5) is 38.4. The molecule has 0 N–H and O–H groups in total. The molecule has 0 spiro atoms. The molecule has 0 aliphatic heterocycles. The third-order valence-corrected chi connectivity index (χ3v) is 13.7. The molecule has 6 nitrogen and oxygen atoms in total. The van der Waals surface area contributed by atoms with Gasteiger partial charge in [-0.25, -0.2) is 0 Å². The number of ether oxygens (including phenoxy) is 3. The first kappa shape index (κ1) is 77.8. The molecular formula is C77H122O6. The summed E-state index contributed by atoms with van der Waals surface area (Å²) in [6, 6.07) is 0. The number of esters is 3. The van der Waals surface area contributed by atoms with Crippen molar-refractivity contribution in [3.63, 3.8) is 0 Å². The fourth-order valence-corrected chi connectivity index (χ4v) is 8.78. The lowest BCUT2D eigenvalue weighted by molar-refractivity contribution is -0.167. The molecule has 0 aromatic rings. The maximum absolute atomic E-state index is 13.0. The van der Waals surface area contributed by atoms with Crippen LogP contribution >= 0.6 is 0 Å². The Hall–Kier alpha value is -5.23. The quantitative estimate of drug-likeness (QED) is 0.0261. The van der Waals surface area contributed by atoms with Gasteiger partial charge in [0.25, 0.3) is 0 Å². The first-order chi connectivity index (χ1) is 41.0. The molecule has 0 aromatic heterocycles. The zero-order valence-corrected chi connectivity index (χ0v) is 53.4. The van der Waals surface area contributed by atoms with Crippen LogP contribution in [0.15, 0.2) is 170 Å². The molecule has 0 aliphatic rings. The standard InChI is InChI=1S/C77H122O6/c1-4-7-10-13-16-19-22-25-28-30-32-34-36-38-40-42-44-46-49-52-55-58-61-64-67-70-76(79)82-73-74(72-81-75(78)69-66-63-60-57-54-51-48-27-24-21-18-15-12-9-6-3)83-77(80)71-68-65-62-59-56-53-50-47-45-43-41-39-37-35-33-31-29-26-23-20-17-14-11-8-5-2/h7-12,16-21,25-29,32-35,38-41,44,46,48,74H,4-6,13-15,22-24,30-31,36-37,42-43,45,47,49-73H2,1-3H3/b10-7-,11-8-,12-9-,19-16-,20-17-,21-18-,28-25-,29-26-,34-32-,35-33-,40-38-,41-39-,46-44-,48-27-. The van der Waals surface area contributed by atoms with Crippen LogP contribution in [0.25, 0.3) is 0 Å². The Kier molecular flexibility index (Phi) is 64.9. The highest BCUT2D eigenvalue weighted by Gasteiger charge is 2.19. The van der Waals surface area contributed by atoms with Crippen molar-refractivity contribution < 1.29 is 28.6 Å². The molecule has 6 heteroatoms. The molecule has 0 radical (unpaired) electrons. The number of unbranched alkanes of at least 4 members (excludes halogenated alkanes) is 20. The lowest BCUT2D eigenvalue weighted by atomic mass is 10.1. The number of hydrogen-bond donors (Lipinski definition) is 0. The topological polar surface area (TPSA) is 78.9 Å². The van der Waals surface area contributed by atoms with Gasteiger partial charge in [0.05, 0.1) is 0 Å². The molecule has 0 heterocycles. The molecular weight excluding hydrogens is 1020 g/mol. The first-order valence-corrected chi connectivity index (χ1v) is 33.6. The van der Waals surface area contributed by atoms with E-state index in [1.54, 1.807) is 0 Å². The van der Waals surface area contributed by atoms with Crippen molar-refractivity contribution >= 4 is 17.9 Å². The lowest BCUT2D eigenvalue weighted by Crippen LogP contribution is -2.30. The van der Waals surface area contributed by atoms with Gasteiger partial charge >= 0.3 is 17.9 Å². The zero-order chi connectivity index (χ0) is 59.9. The Morgan fingerprint density at radius 1 is 0.241 bits per heavy atom. The van der Waals surface area contributed by atoms with E-state index in [0.29, 0.717) is 19.3 Å². The molecule has 0 bridgehead atoms. The summed E-state index contributed by atoms with van der Waals surface area (Å²) < 4.78 is 16.9. The van der Waals surface area contributed by atoms with Crippen molar-refractivity contribution in [3.8, 4) is 0 Å². The van der Waals surface area contributed by atoms with Gasteiger partial charge in [-0.15, -0.1) is 0 Å². The predicted molar refractivity (Wildman–Crippen MR) is 361 cm³/mol. The minimum absolute atomic E-state index is 0.101. The summed E-state index contributed by atoms with van der Waals surface area (Å²) in [7, 11) is 0. The van der Waals surface area contributed by atoms with Crippen LogP contribution in [-0.2, 0) is 28.6 Å². The van der Waals surface area contributed by atoms with Gasteiger partial charge in [0, 0.05) is 19.3 Å². The average Bonchev–Trinajstić information content (AvgIpc) is 3.49. The Balaban J connectivity index is 4.45. The molecule has 0 rings (SSSR count). The highest BCUT2D eigenvalue weighted by atomic mass is 16.6. The van der Waals surface area contributed by atoms with E-state index in [-0.39, 0.29) is 31.1 Å². The second-order valence-electron chi connectivity index (χ2n) is 21.6. The second kappa shape index (κ2) is 69.3. The van der Waals surface area contributed by atoms with E-state index >= 15 is 0 Å². The Bertz CT molecular complexity index is 1890. The van der Waals surface area contributed by atoms with Crippen LogP contribution in [0.1, 0.15) is 278 Å². The van der Waals surface area contributed by atoms with Crippen LogP contribution in [0.2, 0.25) is 0 Å². The summed E-state index contributed by atoms with van der Waals surface area (Å²) in [5, 5.41) is 0. The molecule has 0 fully saturated rings. The molecule has 0 saturated heterocycles. The first-order valence-electron chi connectivity index (χ1n) is 33.6. The number of allylic oxidation sites excluding steroid dienone is 28. The van der Waals surface area contributed by atoms with Crippen molar-refractivity contribution in [2.75, 3.05) is 13.2 Å². The molecule has 0 saturated carbocycles. The highest BCUT2D eigenvalue weighted by Crippen LogP contribution is 2.15. The Labute approximate surface area is 511 Å². The van der Waals surface area contributed by atoms with E-state index in [4.69, 9.17) is 14.2 Å². The van der Waals surface area contributed by atoms with Gasteiger partial charge in [-0.2, -0.15) is 0 Å². The smallest absolute Gasteiger partial charge is 0.306 e. The second-order valence-corrected chi connectivity index (χ2v) is 21.6. The van der Waals surface area contributed by atoms with E-state index in [0.717, 1.165) is 186 Å². The molecule has 83 heavy (non-hydrogen) atoms. The zero-order valence-electron chi connectivity index (χ0n) is 53.4. The van der Waals surface area contributed by atoms with E-state index in [9.17, 15) is 14.4 Å². The van der Waals surface area contributed by atoms with Crippen molar-refractivity contribution in [2.45, 2.75) is 284 Å². The minimum Gasteiger partial charge on any atom is -0.462 e. The maximum atomic E-state index is 13.0. The predicted octanol–water partition coefficient (Wildman–Crippen LogP) is 23.4. The van der Waals surface area contributed by atoms with Gasteiger partial charge < -0.3 is 14.2 Å². The van der Waals surface area contributed by atoms with Crippen molar-refractivity contribution in [2.24, 2.45) is 0 Å². The van der Waals surface area contributed by atoms with Crippen LogP contribution in [0, 0.1) is 0 Å². The van der Waals surface area contributed by atoms with Crippen LogP contribution in [-0.4, -0.2) is 37.2 Å². The summed E-state index contributed by atoms with van der Waals surface area (Å²) >= 11 is 0. The normalized spacial score (nSPS) is 13.2. The average molecular weight is 1140 g/mol. The Morgan fingerprint density at radius 2 is 0.434 bits per heavy atom. The van der Waals surface area contributed by atoms with Gasteiger partial charge in [0.15, 0.2) is 6.10 Å². The lowest BCUT2D eigenvalue weighted by Gasteiger charge is -2.18. The number of carbonyl (C=O) groups excluding carboxylic acids is 3. The SMILES string of the molecule is CC/C=C\C/C=C\C/C=C\C/C=C\C/C=C\C/C=C\CCCCCCCCC(=O)OCC(COC(=O)CCCCCCC/C=C\C/C=C\C/C=C\CC)OC(=O)CCCCCCCCCCC/C=C\C/C=C\C/C=C\C/C=C\C/C=C\CC. The van der Waals surface area contributed by atoms with Gasteiger partial charge in [-0.05, 0) is 148 Å².